The highest BCUT2D eigenvalue weighted by molar-refractivity contribution is 5.66. The molecule has 0 aromatic rings. The molecule has 0 saturated carbocycles. The molecule has 3 heteroatoms. The number of unbranched alkanes of at least 4 members (excludes halogenated alkanes) is 2. The first-order valence-electron chi connectivity index (χ1n) is 6.47. The van der Waals surface area contributed by atoms with E-state index in [0.29, 0.717) is 12.5 Å². The van der Waals surface area contributed by atoms with Crippen LogP contribution < -0.4 is 5.32 Å². The van der Waals surface area contributed by atoms with Gasteiger partial charge < -0.3 is 10.4 Å². The summed E-state index contributed by atoms with van der Waals surface area (Å²) >= 11 is 0. The second-order valence-electron chi connectivity index (χ2n) is 5.03. The summed E-state index contributed by atoms with van der Waals surface area (Å²) in [4.78, 5) is 10.3. The van der Waals surface area contributed by atoms with Crippen LogP contribution >= 0.6 is 0 Å². The molecule has 0 radical (unpaired) electrons. The Bertz CT molecular complexity index is 181. The van der Waals surface area contributed by atoms with Gasteiger partial charge in [0.1, 0.15) is 0 Å². The fourth-order valence-electron chi connectivity index (χ4n) is 1.61. The van der Waals surface area contributed by atoms with Crippen molar-refractivity contribution in [3.05, 3.63) is 0 Å². The molecular weight excluding hydrogens is 202 g/mol. The standard InChI is InChI=1S/C13H27NO2/c1-11(2)8-9-12(3)14-10-6-4-5-7-13(15)16/h11-12,14H,4-10H2,1-3H3,(H,15,16). The van der Waals surface area contributed by atoms with E-state index < -0.39 is 5.97 Å². The minimum absolute atomic E-state index is 0.308. The summed E-state index contributed by atoms with van der Waals surface area (Å²) in [6.07, 6.45) is 5.70. The maximum absolute atomic E-state index is 10.3. The predicted octanol–water partition coefficient (Wildman–Crippen LogP) is 3.05. The molecule has 0 saturated heterocycles. The molecule has 0 rings (SSSR count). The van der Waals surface area contributed by atoms with Gasteiger partial charge in [0.15, 0.2) is 0 Å². The van der Waals surface area contributed by atoms with Crippen LogP contribution in [0.4, 0.5) is 0 Å². The van der Waals surface area contributed by atoms with Gasteiger partial charge in [0.05, 0.1) is 0 Å². The molecule has 3 nitrogen and oxygen atoms in total. The quantitative estimate of drug-likeness (QED) is 0.566. The van der Waals surface area contributed by atoms with Crippen LogP contribution in [0.15, 0.2) is 0 Å². The lowest BCUT2D eigenvalue weighted by molar-refractivity contribution is -0.137. The van der Waals surface area contributed by atoms with E-state index in [2.05, 4.69) is 26.1 Å². The van der Waals surface area contributed by atoms with E-state index in [1.807, 2.05) is 0 Å². The van der Waals surface area contributed by atoms with Crippen molar-refractivity contribution in [3.8, 4) is 0 Å². The highest BCUT2D eigenvalue weighted by Gasteiger charge is 2.02. The predicted molar refractivity (Wildman–Crippen MR) is 67.6 cm³/mol. The van der Waals surface area contributed by atoms with Gasteiger partial charge in [-0.15, -0.1) is 0 Å². The van der Waals surface area contributed by atoms with Gasteiger partial charge in [-0.3, -0.25) is 4.79 Å². The molecule has 0 amide bonds. The van der Waals surface area contributed by atoms with Crippen molar-refractivity contribution in [2.75, 3.05) is 6.54 Å². The highest BCUT2D eigenvalue weighted by Crippen LogP contribution is 2.06. The first-order valence-corrected chi connectivity index (χ1v) is 6.47. The number of carboxylic acid groups (broad SMARTS) is 1. The maximum Gasteiger partial charge on any atom is 0.303 e. The normalized spacial score (nSPS) is 13.0. The second-order valence-corrected chi connectivity index (χ2v) is 5.03. The highest BCUT2D eigenvalue weighted by atomic mass is 16.4. The van der Waals surface area contributed by atoms with Crippen molar-refractivity contribution in [3.63, 3.8) is 0 Å². The lowest BCUT2D eigenvalue weighted by Gasteiger charge is -2.14. The topological polar surface area (TPSA) is 49.3 Å². The third-order valence-electron chi connectivity index (χ3n) is 2.74. The number of carbonyl (C=O) groups is 1. The minimum Gasteiger partial charge on any atom is -0.481 e. The van der Waals surface area contributed by atoms with Crippen LogP contribution in [0, 0.1) is 5.92 Å². The van der Waals surface area contributed by atoms with Crippen molar-refractivity contribution in [1.29, 1.82) is 0 Å². The fourth-order valence-corrected chi connectivity index (χ4v) is 1.61. The number of hydrogen-bond acceptors (Lipinski definition) is 2. The Labute approximate surface area is 99.6 Å². The zero-order valence-electron chi connectivity index (χ0n) is 11.0. The molecule has 0 aromatic carbocycles. The molecule has 16 heavy (non-hydrogen) atoms. The Morgan fingerprint density at radius 3 is 2.38 bits per heavy atom. The van der Waals surface area contributed by atoms with Crippen molar-refractivity contribution >= 4 is 5.97 Å². The number of nitrogens with one attached hydrogen (secondary N) is 1. The molecule has 0 aromatic heterocycles. The average molecular weight is 229 g/mol. The lowest BCUT2D eigenvalue weighted by Crippen LogP contribution is -2.27. The molecule has 0 aliphatic carbocycles. The van der Waals surface area contributed by atoms with E-state index in [1.165, 1.54) is 12.8 Å². The van der Waals surface area contributed by atoms with Crippen molar-refractivity contribution in [2.24, 2.45) is 5.92 Å². The molecule has 1 unspecified atom stereocenters. The zero-order valence-corrected chi connectivity index (χ0v) is 11.0. The average Bonchev–Trinajstić information content (AvgIpc) is 2.19. The van der Waals surface area contributed by atoms with E-state index >= 15 is 0 Å². The molecule has 0 heterocycles. The van der Waals surface area contributed by atoms with Crippen molar-refractivity contribution < 1.29 is 9.90 Å². The van der Waals surface area contributed by atoms with Gasteiger partial charge in [0, 0.05) is 12.5 Å². The third-order valence-corrected chi connectivity index (χ3v) is 2.74. The summed E-state index contributed by atoms with van der Waals surface area (Å²) in [6, 6.07) is 0.585. The Morgan fingerprint density at radius 2 is 1.81 bits per heavy atom. The van der Waals surface area contributed by atoms with Gasteiger partial charge in [0.25, 0.3) is 0 Å². The third kappa shape index (κ3) is 11.5. The van der Waals surface area contributed by atoms with Crippen LogP contribution in [-0.2, 0) is 4.79 Å². The van der Waals surface area contributed by atoms with Crippen LogP contribution in [-0.4, -0.2) is 23.7 Å². The second kappa shape index (κ2) is 9.64. The molecule has 1 atom stereocenters. The number of carboxylic acids is 1. The molecule has 0 spiro atoms. The molecule has 0 aliphatic heterocycles. The minimum atomic E-state index is -0.682. The van der Waals surface area contributed by atoms with E-state index in [1.54, 1.807) is 0 Å². The van der Waals surface area contributed by atoms with Crippen LogP contribution in [0.1, 0.15) is 59.3 Å². The number of rotatable bonds is 10. The van der Waals surface area contributed by atoms with E-state index in [0.717, 1.165) is 31.7 Å². The molecule has 96 valence electrons. The monoisotopic (exact) mass is 229 g/mol. The van der Waals surface area contributed by atoms with Crippen LogP contribution in [0.3, 0.4) is 0 Å². The van der Waals surface area contributed by atoms with Crippen molar-refractivity contribution in [1.82, 2.24) is 5.32 Å². The summed E-state index contributed by atoms with van der Waals surface area (Å²) in [5, 5.41) is 11.9. The Kier molecular flexibility index (Phi) is 9.30. The number of hydrogen-bond donors (Lipinski definition) is 2. The summed E-state index contributed by atoms with van der Waals surface area (Å²) in [6.45, 7) is 7.73. The zero-order chi connectivity index (χ0) is 12.4. The summed E-state index contributed by atoms with van der Waals surface area (Å²) in [5.74, 6) is 0.0954. The molecule has 0 fully saturated rings. The molecule has 2 N–H and O–H groups in total. The van der Waals surface area contributed by atoms with Gasteiger partial charge in [-0.05, 0) is 45.1 Å². The largest absolute Gasteiger partial charge is 0.481 e. The fraction of sp³-hybridized carbons (Fsp3) is 0.923. The SMILES string of the molecule is CC(C)CCC(C)NCCCCCC(=O)O. The van der Waals surface area contributed by atoms with Crippen LogP contribution in [0.5, 0.6) is 0 Å². The van der Waals surface area contributed by atoms with Crippen LogP contribution in [0.2, 0.25) is 0 Å². The van der Waals surface area contributed by atoms with E-state index in [9.17, 15) is 4.79 Å². The Morgan fingerprint density at radius 1 is 1.12 bits per heavy atom. The van der Waals surface area contributed by atoms with E-state index in [-0.39, 0.29) is 0 Å². The van der Waals surface area contributed by atoms with Crippen LogP contribution in [0.25, 0.3) is 0 Å². The van der Waals surface area contributed by atoms with Gasteiger partial charge in [0.2, 0.25) is 0 Å². The van der Waals surface area contributed by atoms with Crippen molar-refractivity contribution in [2.45, 2.75) is 65.3 Å². The molecule has 0 bridgehead atoms. The first-order chi connectivity index (χ1) is 7.52. The summed E-state index contributed by atoms with van der Waals surface area (Å²) < 4.78 is 0. The summed E-state index contributed by atoms with van der Waals surface area (Å²) in [5.41, 5.74) is 0. The maximum atomic E-state index is 10.3. The van der Waals surface area contributed by atoms with Gasteiger partial charge in [-0.1, -0.05) is 20.3 Å². The van der Waals surface area contributed by atoms with Gasteiger partial charge >= 0.3 is 5.97 Å². The van der Waals surface area contributed by atoms with E-state index in [4.69, 9.17) is 5.11 Å². The Hall–Kier alpha value is -0.570. The summed E-state index contributed by atoms with van der Waals surface area (Å²) in [7, 11) is 0. The van der Waals surface area contributed by atoms with Gasteiger partial charge in [-0.2, -0.15) is 0 Å². The smallest absolute Gasteiger partial charge is 0.303 e. The molecular formula is C13H27NO2. The number of aliphatic carboxylic acids is 1. The van der Waals surface area contributed by atoms with Gasteiger partial charge in [-0.25, -0.2) is 0 Å². The first kappa shape index (κ1) is 15.4. The Balaban J connectivity index is 3.21. The molecule has 0 aliphatic rings. The lowest BCUT2D eigenvalue weighted by atomic mass is 10.0.